The molecule has 1 aromatic heterocycles. The smallest absolute Gasteiger partial charge is 0.320 e. The van der Waals surface area contributed by atoms with Gasteiger partial charge in [0.05, 0.1) is 5.69 Å². The molecular weight excluding hydrogens is 284 g/mol. The Morgan fingerprint density at radius 1 is 1.43 bits per heavy atom. The van der Waals surface area contributed by atoms with Gasteiger partial charge in [0.2, 0.25) is 0 Å². The minimum atomic E-state index is -0.758. The minimum absolute atomic E-state index is 0.290. The maximum absolute atomic E-state index is 11.2. The van der Waals surface area contributed by atoms with Crippen molar-refractivity contribution in [1.29, 1.82) is 0 Å². The number of aryl methyl sites for hydroxylation is 1. The number of aliphatic carboxylic acids is 1. The molecule has 4 nitrogen and oxygen atoms in total. The first kappa shape index (κ1) is 14.2. The van der Waals surface area contributed by atoms with Crippen LogP contribution >= 0.6 is 11.3 Å². The molecule has 0 aliphatic heterocycles. The van der Waals surface area contributed by atoms with Crippen molar-refractivity contribution in [2.24, 2.45) is 5.92 Å². The molecule has 1 saturated carbocycles. The number of benzene rings is 1. The van der Waals surface area contributed by atoms with E-state index >= 15 is 0 Å². The van der Waals surface area contributed by atoms with Crippen LogP contribution in [-0.4, -0.2) is 22.1 Å². The molecule has 0 amide bonds. The Morgan fingerprint density at radius 3 is 2.76 bits per heavy atom. The Bertz CT molecular complexity index is 632. The maximum Gasteiger partial charge on any atom is 0.320 e. The highest BCUT2D eigenvalue weighted by molar-refractivity contribution is 7.13. The van der Waals surface area contributed by atoms with Gasteiger partial charge in [0, 0.05) is 17.5 Å². The Kier molecular flexibility index (Phi) is 4.03. The zero-order valence-electron chi connectivity index (χ0n) is 11.9. The number of carbonyl (C=O) groups is 1. The minimum Gasteiger partial charge on any atom is -0.480 e. The van der Waals surface area contributed by atoms with E-state index in [1.165, 1.54) is 5.56 Å². The third kappa shape index (κ3) is 3.49. The van der Waals surface area contributed by atoms with Crippen molar-refractivity contribution in [1.82, 2.24) is 10.3 Å². The number of carboxylic acid groups (broad SMARTS) is 1. The van der Waals surface area contributed by atoms with Gasteiger partial charge in [-0.1, -0.05) is 29.8 Å². The number of thiazole rings is 1. The molecule has 2 aromatic rings. The van der Waals surface area contributed by atoms with Crippen LogP contribution in [0.5, 0.6) is 0 Å². The van der Waals surface area contributed by atoms with E-state index in [9.17, 15) is 9.90 Å². The molecule has 110 valence electrons. The van der Waals surface area contributed by atoms with Crippen LogP contribution in [-0.2, 0) is 11.3 Å². The van der Waals surface area contributed by atoms with E-state index in [-0.39, 0.29) is 5.92 Å². The van der Waals surface area contributed by atoms with E-state index in [0.29, 0.717) is 6.54 Å². The second-order valence-corrected chi connectivity index (χ2v) is 6.40. The molecule has 1 heterocycles. The molecule has 21 heavy (non-hydrogen) atoms. The number of rotatable bonds is 6. The van der Waals surface area contributed by atoms with Crippen molar-refractivity contribution in [3.05, 3.63) is 40.9 Å². The van der Waals surface area contributed by atoms with Crippen molar-refractivity contribution in [3.8, 4) is 10.6 Å². The predicted octanol–water partition coefficient (Wildman–Crippen LogP) is 3.07. The molecule has 0 spiro atoms. The van der Waals surface area contributed by atoms with Gasteiger partial charge in [0.15, 0.2) is 0 Å². The van der Waals surface area contributed by atoms with Crippen molar-refractivity contribution < 1.29 is 9.90 Å². The van der Waals surface area contributed by atoms with Crippen LogP contribution in [0.25, 0.3) is 10.6 Å². The molecule has 1 aromatic carbocycles. The fourth-order valence-electron chi connectivity index (χ4n) is 2.32. The molecule has 1 aliphatic carbocycles. The lowest BCUT2D eigenvalue weighted by Gasteiger charge is -2.11. The average Bonchev–Trinajstić information content (AvgIpc) is 3.18. The van der Waals surface area contributed by atoms with Crippen LogP contribution in [0.2, 0.25) is 0 Å². The Morgan fingerprint density at radius 2 is 2.14 bits per heavy atom. The van der Waals surface area contributed by atoms with Gasteiger partial charge in [0.25, 0.3) is 0 Å². The summed E-state index contributed by atoms with van der Waals surface area (Å²) >= 11 is 1.59. The van der Waals surface area contributed by atoms with Crippen LogP contribution in [0.15, 0.2) is 29.6 Å². The molecule has 1 atom stereocenters. The Labute approximate surface area is 127 Å². The van der Waals surface area contributed by atoms with Crippen LogP contribution in [0.1, 0.15) is 24.1 Å². The molecule has 3 rings (SSSR count). The topological polar surface area (TPSA) is 62.2 Å². The normalized spacial score (nSPS) is 15.9. The zero-order valence-corrected chi connectivity index (χ0v) is 12.7. The first-order chi connectivity index (χ1) is 10.1. The number of hydrogen-bond donors (Lipinski definition) is 2. The molecule has 1 unspecified atom stereocenters. The van der Waals surface area contributed by atoms with Crippen molar-refractivity contribution in [3.63, 3.8) is 0 Å². The average molecular weight is 302 g/mol. The van der Waals surface area contributed by atoms with Gasteiger partial charge in [-0.3, -0.25) is 10.1 Å². The Balaban J connectivity index is 1.64. The SMILES string of the molecule is Cc1ccc(-c2nc(CNC(C(=O)O)C3CC3)cs2)cc1. The van der Waals surface area contributed by atoms with Crippen LogP contribution in [0.3, 0.4) is 0 Å². The molecular formula is C16H18N2O2S. The summed E-state index contributed by atoms with van der Waals surface area (Å²) in [6, 6.07) is 7.84. The quantitative estimate of drug-likeness (QED) is 0.861. The molecule has 0 saturated heterocycles. The first-order valence-corrected chi connectivity index (χ1v) is 7.99. The van der Waals surface area contributed by atoms with Gasteiger partial charge in [-0.25, -0.2) is 4.98 Å². The van der Waals surface area contributed by atoms with Gasteiger partial charge in [-0.2, -0.15) is 0 Å². The highest BCUT2D eigenvalue weighted by Gasteiger charge is 2.35. The second-order valence-electron chi connectivity index (χ2n) is 5.54. The summed E-state index contributed by atoms with van der Waals surface area (Å²) in [5, 5.41) is 15.3. The molecule has 5 heteroatoms. The van der Waals surface area contributed by atoms with Crippen molar-refractivity contribution in [2.45, 2.75) is 32.4 Å². The first-order valence-electron chi connectivity index (χ1n) is 7.11. The Hall–Kier alpha value is -1.72. The summed E-state index contributed by atoms with van der Waals surface area (Å²) in [6.07, 6.45) is 2.02. The van der Waals surface area contributed by atoms with E-state index in [1.807, 2.05) is 5.38 Å². The fourth-order valence-corrected chi connectivity index (χ4v) is 3.14. The summed E-state index contributed by atoms with van der Waals surface area (Å²) in [5.41, 5.74) is 3.24. The third-order valence-electron chi connectivity index (χ3n) is 3.71. The summed E-state index contributed by atoms with van der Waals surface area (Å²) in [7, 11) is 0. The summed E-state index contributed by atoms with van der Waals surface area (Å²) < 4.78 is 0. The lowest BCUT2D eigenvalue weighted by atomic mass is 10.2. The van der Waals surface area contributed by atoms with Gasteiger partial charge in [0.1, 0.15) is 11.0 Å². The van der Waals surface area contributed by atoms with Crippen molar-refractivity contribution in [2.75, 3.05) is 0 Å². The number of nitrogens with one attached hydrogen (secondary N) is 1. The lowest BCUT2D eigenvalue weighted by molar-refractivity contribution is -0.140. The van der Waals surface area contributed by atoms with E-state index in [2.05, 4.69) is 41.5 Å². The number of hydrogen-bond acceptors (Lipinski definition) is 4. The maximum atomic E-state index is 11.2. The fraction of sp³-hybridized carbons (Fsp3) is 0.375. The molecule has 1 aliphatic rings. The van der Waals surface area contributed by atoms with Crippen LogP contribution in [0.4, 0.5) is 0 Å². The summed E-state index contributed by atoms with van der Waals surface area (Å²) in [6.45, 7) is 2.57. The number of nitrogens with zero attached hydrogens (tertiary/aromatic N) is 1. The van der Waals surface area contributed by atoms with Gasteiger partial charge in [-0.15, -0.1) is 11.3 Å². The van der Waals surface area contributed by atoms with Gasteiger partial charge in [-0.05, 0) is 25.7 Å². The van der Waals surface area contributed by atoms with E-state index < -0.39 is 12.0 Å². The summed E-state index contributed by atoms with van der Waals surface area (Å²) in [4.78, 5) is 15.8. The van der Waals surface area contributed by atoms with E-state index in [0.717, 1.165) is 29.1 Å². The molecule has 1 fully saturated rings. The van der Waals surface area contributed by atoms with Crippen molar-refractivity contribution >= 4 is 17.3 Å². The highest BCUT2D eigenvalue weighted by atomic mass is 32.1. The second kappa shape index (κ2) is 5.95. The third-order valence-corrected chi connectivity index (χ3v) is 4.65. The lowest BCUT2D eigenvalue weighted by Crippen LogP contribution is -2.38. The van der Waals surface area contributed by atoms with Crippen LogP contribution in [0, 0.1) is 12.8 Å². The number of aromatic nitrogens is 1. The largest absolute Gasteiger partial charge is 0.480 e. The predicted molar refractivity (Wildman–Crippen MR) is 83.3 cm³/mol. The highest BCUT2D eigenvalue weighted by Crippen LogP contribution is 2.33. The van der Waals surface area contributed by atoms with Gasteiger partial charge >= 0.3 is 5.97 Å². The van der Waals surface area contributed by atoms with E-state index in [1.54, 1.807) is 11.3 Å². The monoisotopic (exact) mass is 302 g/mol. The van der Waals surface area contributed by atoms with E-state index in [4.69, 9.17) is 0 Å². The standard InChI is InChI=1S/C16H18N2O2S/c1-10-2-4-12(5-3-10)15-18-13(9-21-15)8-17-14(16(19)20)11-6-7-11/h2-5,9,11,14,17H,6-8H2,1H3,(H,19,20). The zero-order chi connectivity index (χ0) is 14.8. The molecule has 0 bridgehead atoms. The van der Waals surface area contributed by atoms with Gasteiger partial charge < -0.3 is 5.11 Å². The van der Waals surface area contributed by atoms with Crippen LogP contribution < -0.4 is 5.32 Å². The summed E-state index contributed by atoms with van der Waals surface area (Å²) in [5.74, 6) is -0.468. The molecule has 0 radical (unpaired) electrons. The molecule has 2 N–H and O–H groups in total. The number of carboxylic acids is 1.